The zero-order chi connectivity index (χ0) is 28.4. The number of nitrogens with zero attached hydrogens (tertiary/aromatic N) is 2. The van der Waals surface area contributed by atoms with Crippen molar-refractivity contribution in [1.29, 1.82) is 0 Å². The molecular weight excluding hydrogens is 496 g/mol. The third-order valence-electron chi connectivity index (χ3n) is 10.2. The highest BCUT2D eigenvalue weighted by Gasteiger charge is 2.60. The van der Waals surface area contributed by atoms with Crippen LogP contribution in [-0.4, -0.2) is 26.9 Å². The van der Waals surface area contributed by atoms with Crippen LogP contribution in [-0.2, 0) is 0 Å². The van der Waals surface area contributed by atoms with Gasteiger partial charge in [-0.3, -0.25) is 0 Å². The Morgan fingerprint density at radius 2 is 1.90 bits per heavy atom. The fourth-order valence-corrected chi connectivity index (χ4v) is 8.42. The van der Waals surface area contributed by atoms with Crippen molar-refractivity contribution in [3.05, 3.63) is 84.3 Å². The predicted octanol–water partition coefficient (Wildman–Crippen LogP) is 9.01. The maximum absolute atomic E-state index is 11.1. The summed E-state index contributed by atoms with van der Waals surface area (Å²) < 4.78 is 0. The van der Waals surface area contributed by atoms with Gasteiger partial charge in [0.1, 0.15) is 0 Å². The topological polar surface area (TPSA) is 46.0 Å². The van der Waals surface area contributed by atoms with Crippen LogP contribution >= 0.6 is 11.8 Å². The van der Waals surface area contributed by atoms with Gasteiger partial charge in [0, 0.05) is 29.3 Å². The highest BCUT2D eigenvalue weighted by molar-refractivity contribution is 7.99. The molecule has 3 fully saturated rings. The molecular formula is C35H48N2OS. The van der Waals surface area contributed by atoms with E-state index in [1.807, 2.05) is 44.5 Å². The molecule has 0 bridgehead atoms. The van der Waals surface area contributed by atoms with E-state index in [4.69, 9.17) is 0 Å². The van der Waals surface area contributed by atoms with Gasteiger partial charge in [0.25, 0.3) is 0 Å². The summed E-state index contributed by atoms with van der Waals surface area (Å²) in [6.45, 7) is 21.3. The largest absolute Gasteiger partial charge is 0.393 e. The molecule has 4 heteroatoms. The van der Waals surface area contributed by atoms with Gasteiger partial charge >= 0.3 is 0 Å². The summed E-state index contributed by atoms with van der Waals surface area (Å²) in [5, 5.41) is 12.0. The lowest BCUT2D eigenvalue weighted by Gasteiger charge is -2.58. The molecule has 0 radical (unpaired) electrons. The minimum Gasteiger partial charge on any atom is -0.393 e. The summed E-state index contributed by atoms with van der Waals surface area (Å²) in [4.78, 5) is 8.64. The van der Waals surface area contributed by atoms with E-state index < -0.39 is 0 Å². The summed E-state index contributed by atoms with van der Waals surface area (Å²) in [5.74, 6) is 3.66. The number of aliphatic hydroxyl groups excluding tert-OH is 1. The minimum atomic E-state index is -0.156. The molecule has 0 spiro atoms. The van der Waals surface area contributed by atoms with Crippen LogP contribution in [0.25, 0.3) is 5.57 Å². The molecule has 3 saturated carbocycles. The van der Waals surface area contributed by atoms with Crippen molar-refractivity contribution in [2.24, 2.45) is 34.5 Å². The monoisotopic (exact) mass is 544 g/mol. The molecule has 4 aliphatic rings. The Balaban J connectivity index is 0.000000188. The average molecular weight is 545 g/mol. The lowest BCUT2D eigenvalue weighted by molar-refractivity contribution is -0.113. The quantitative estimate of drug-likeness (QED) is 0.228. The lowest BCUT2D eigenvalue weighted by Crippen LogP contribution is -2.55. The molecule has 210 valence electrons. The summed E-state index contributed by atoms with van der Waals surface area (Å²) in [5.41, 5.74) is 6.22. The van der Waals surface area contributed by atoms with Crippen molar-refractivity contribution >= 4 is 17.3 Å². The molecule has 0 saturated heterocycles. The normalized spacial score (nSPS) is 35.5. The number of aromatic nitrogens is 2. The first kappa shape index (κ1) is 29.8. The fourth-order valence-electron chi connectivity index (χ4n) is 7.91. The Hall–Kier alpha value is -2.17. The van der Waals surface area contributed by atoms with E-state index in [1.54, 1.807) is 11.8 Å². The van der Waals surface area contributed by atoms with Gasteiger partial charge in [-0.1, -0.05) is 100 Å². The molecule has 0 aromatic carbocycles. The van der Waals surface area contributed by atoms with Crippen molar-refractivity contribution in [3.63, 3.8) is 0 Å². The third kappa shape index (κ3) is 5.98. The van der Waals surface area contributed by atoms with Crippen LogP contribution in [0.2, 0.25) is 0 Å². The van der Waals surface area contributed by atoms with Crippen LogP contribution < -0.4 is 0 Å². The first-order valence-corrected chi connectivity index (χ1v) is 15.7. The van der Waals surface area contributed by atoms with Crippen LogP contribution in [0.4, 0.5) is 0 Å². The molecule has 7 atom stereocenters. The van der Waals surface area contributed by atoms with Gasteiger partial charge in [-0.15, -0.1) is 0 Å². The first-order valence-electron chi connectivity index (χ1n) is 14.8. The van der Waals surface area contributed by atoms with Crippen molar-refractivity contribution < 1.29 is 5.11 Å². The molecule has 0 aliphatic heterocycles. The maximum atomic E-state index is 11.1. The molecule has 1 aromatic rings. The van der Waals surface area contributed by atoms with E-state index >= 15 is 0 Å². The van der Waals surface area contributed by atoms with Crippen molar-refractivity contribution in [2.45, 2.75) is 84.9 Å². The second kappa shape index (κ2) is 12.1. The first-order chi connectivity index (χ1) is 18.5. The van der Waals surface area contributed by atoms with E-state index in [-0.39, 0.29) is 11.5 Å². The molecule has 6 unspecified atom stereocenters. The number of hydrogen-bond acceptors (Lipinski definition) is 4. The molecule has 1 aromatic heterocycles. The fraction of sp³-hybridized carbons (Fsp3) is 0.543. The van der Waals surface area contributed by atoms with E-state index in [1.165, 1.54) is 31.3 Å². The van der Waals surface area contributed by atoms with Gasteiger partial charge in [-0.25, -0.2) is 9.97 Å². The van der Waals surface area contributed by atoms with Crippen LogP contribution in [0, 0.1) is 34.5 Å². The Kier molecular flexibility index (Phi) is 9.28. The minimum absolute atomic E-state index is 0.0523. The zero-order valence-corrected chi connectivity index (χ0v) is 25.7. The number of thioether (sulfide) groups is 1. The molecule has 5 rings (SSSR count). The SMILES string of the molecule is C=C(C)/C=C\C(=C/C)c1cnc(SCC)nc1.C=C1C=CC2(C)C(=C1)CCC1C2[C@@H](O)CC2(C)C(C)CCC12. The van der Waals surface area contributed by atoms with E-state index in [2.05, 4.69) is 69.0 Å². The number of hydrogen-bond donors (Lipinski definition) is 1. The standard InChI is InChI=1S/C21H30O.C14H18N2S/c1-13-9-10-20(3)15(11-13)6-7-16-17-8-5-14(2)21(17,4)12-18(22)19(16)20;1-5-12(8-7-11(3)4)13-9-15-14(16-10-13)17-6-2/h9-11,14,16-19,22H,1,5-8,12H2,2-4H3;5,7-10H,3,6H2,1-2,4H3/b;8-7-,12-5+/t14?,16?,17?,18-,19?,20?,21?;/m0./s1. The van der Waals surface area contributed by atoms with E-state index in [9.17, 15) is 5.11 Å². The maximum Gasteiger partial charge on any atom is 0.187 e. The zero-order valence-electron chi connectivity index (χ0n) is 24.9. The van der Waals surface area contributed by atoms with Crippen LogP contribution in [0.1, 0.15) is 79.2 Å². The molecule has 3 nitrogen and oxygen atoms in total. The van der Waals surface area contributed by atoms with Gasteiger partial charge in [0.15, 0.2) is 5.16 Å². The summed E-state index contributed by atoms with van der Waals surface area (Å²) in [6, 6.07) is 0. The Morgan fingerprint density at radius 3 is 2.54 bits per heavy atom. The number of fused-ring (bicyclic) bond motifs is 5. The summed E-state index contributed by atoms with van der Waals surface area (Å²) in [7, 11) is 0. The average Bonchev–Trinajstić information content (AvgIpc) is 3.19. The smallest absolute Gasteiger partial charge is 0.187 e. The van der Waals surface area contributed by atoms with E-state index in [0.717, 1.165) is 51.4 Å². The van der Waals surface area contributed by atoms with Crippen molar-refractivity contribution in [1.82, 2.24) is 9.97 Å². The number of allylic oxidation sites excluding steroid dienone is 10. The van der Waals surface area contributed by atoms with E-state index in [0.29, 0.717) is 17.3 Å². The highest BCUT2D eigenvalue weighted by Crippen LogP contribution is 2.65. The Morgan fingerprint density at radius 1 is 1.18 bits per heavy atom. The van der Waals surface area contributed by atoms with Gasteiger partial charge in [0.05, 0.1) is 6.10 Å². The van der Waals surface area contributed by atoms with Gasteiger partial charge < -0.3 is 5.11 Å². The lowest BCUT2D eigenvalue weighted by atomic mass is 9.47. The third-order valence-corrected chi connectivity index (χ3v) is 10.9. The Labute approximate surface area is 241 Å². The predicted molar refractivity (Wildman–Crippen MR) is 167 cm³/mol. The summed E-state index contributed by atoms with van der Waals surface area (Å²) >= 11 is 1.65. The highest BCUT2D eigenvalue weighted by atomic mass is 32.2. The Bertz CT molecular complexity index is 1190. The van der Waals surface area contributed by atoms with Crippen molar-refractivity contribution in [3.8, 4) is 0 Å². The molecule has 39 heavy (non-hydrogen) atoms. The van der Waals surface area contributed by atoms with Gasteiger partial charge in [-0.2, -0.15) is 0 Å². The van der Waals surface area contributed by atoms with Crippen LogP contribution in [0.5, 0.6) is 0 Å². The summed E-state index contributed by atoms with van der Waals surface area (Å²) in [6.07, 6.45) is 22.6. The molecule has 4 aliphatic carbocycles. The molecule has 1 N–H and O–H groups in total. The van der Waals surface area contributed by atoms with Crippen molar-refractivity contribution in [2.75, 3.05) is 5.75 Å². The number of aliphatic hydroxyl groups is 1. The van der Waals surface area contributed by atoms with Crippen LogP contribution in [0.15, 0.2) is 83.9 Å². The molecule has 1 heterocycles. The van der Waals surface area contributed by atoms with Gasteiger partial charge in [-0.05, 0) is 86.0 Å². The van der Waals surface area contributed by atoms with Crippen LogP contribution in [0.3, 0.4) is 0 Å². The van der Waals surface area contributed by atoms with Gasteiger partial charge in [0.2, 0.25) is 0 Å². The second-order valence-corrected chi connectivity index (χ2v) is 13.8. The second-order valence-electron chi connectivity index (χ2n) is 12.6. The molecule has 0 amide bonds. The number of rotatable bonds is 5.